The minimum absolute atomic E-state index is 0.644. The van der Waals surface area contributed by atoms with Crippen LogP contribution in [0.15, 0.2) is 0 Å². The number of nitrogens with one attached hydrogen (secondary N) is 1. The van der Waals surface area contributed by atoms with Crippen LogP contribution in [0.4, 0.5) is 0 Å². The molecule has 0 radical (unpaired) electrons. The lowest BCUT2D eigenvalue weighted by Crippen LogP contribution is -2.44. The summed E-state index contributed by atoms with van der Waals surface area (Å²) in [7, 11) is 2.11. The van der Waals surface area contributed by atoms with Gasteiger partial charge in [-0.1, -0.05) is 34.1 Å². The normalized spacial score (nSPS) is 24.7. The summed E-state index contributed by atoms with van der Waals surface area (Å²) in [6.07, 6.45) is 2.61. The van der Waals surface area contributed by atoms with E-state index >= 15 is 0 Å². The van der Waals surface area contributed by atoms with Gasteiger partial charge in [-0.15, -0.1) is 0 Å². The third-order valence-corrected chi connectivity index (χ3v) is 4.73. The Labute approximate surface area is 114 Å². The van der Waals surface area contributed by atoms with Gasteiger partial charge in [0.15, 0.2) is 0 Å². The molecule has 1 heterocycles. The number of hydrogen-bond donors (Lipinski definition) is 1. The number of hydrogen-bond acceptors (Lipinski definition) is 3. The van der Waals surface area contributed by atoms with E-state index in [0.717, 1.165) is 12.0 Å². The fourth-order valence-electron chi connectivity index (χ4n) is 3.13. The van der Waals surface area contributed by atoms with E-state index in [4.69, 9.17) is 0 Å². The predicted molar refractivity (Wildman–Crippen MR) is 80.1 cm³/mol. The molecule has 18 heavy (non-hydrogen) atoms. The molecule has 3 heteroatoms. The summed E-state index contributed by atoms with van der Waals surface area (Å²) in [5.74, 6) is 0.766. The van der Waals surface area contributed by atoms with E-state index < -0.39 is 0 Å². The molecule has 0 bridgehead atoms. The van der Waals surface area contributed by atoms with Gasteiger partial charge in [-0.05, 0) is 39.0 Å². The summed E-state index contributed by atoms with van der Waals surface area (Å²) in [4.78, 5) is 5.26. The Bertz CT molecular complexity index is 216. The molecule has 1 rings (SSSR count). The second-order valence-electron chi connectivity index (χ2n) is 5.70. The van der Waals surface area contributed by atoms with Crippen molar-refractivity contribution in [1.29, 1.82) is 0 Å². The zero-order valence-electron chi connectivity index (χ0n) is 13.1. The topological polar surface area (TPSA) is 18.5 Å². The Kier molecular flexibility index (Phi) is 7.20. The van der Waals surface area contributed by atoms with Gasteiger partial charge in [-0.3, -0.25) is 4.90 Å². The van der Waals surface area contributed by atoms with Crippen LogP contribution in [0, 0.1) is 5.92 Å². The molecule has 0 amide bonds. The lowest BCUT2D eigenvalue weighted by atomic mass is 9.99. The van der Waals surface area contributed by atoms with Crippen LogP contribution in [0.5, 0.6) is 0 Å². The highest BCUT2D eigenvalue weighted by atomic mass is 15.3. The van der Waals surface area contributed by atoms with Gasteiger partial charge < -0.3 is 10.2 Å². The number of rotatable bonds is 8. The summed E-state index contributed by atoms with van der Waals surface area (Å²) in [6, 6.07) is 1.43. The van der Waals surface area contributed by atoms with E-state index in [0.29, 0.717) is 6.04 Å². The Morgan fingerprint density at radius 1 is 1.28 bits per heavy atom. The maximum Gasteiger partial charge on any atom is 0.0235 e. The first-order valence-electron chi connectivity index (χ1n) is 7.79. The molecule has 108 valence electrons. The van der Waals surface area contributed by atoms with Gasteiger partial charge in [-0.25, -0.2) is 0 Å². The van der Waals surface area contributed by atoms with Crippen molar-refractivity contribution in [2.24, 2.45) is 5.92 Å². The van der Waals surface area contributed by atoms with Crippen LogP contribution in [0.2, 0.25) is 0 Å². The van der Waals surface area contributed by atoms with E-state index in [-0.39, 0.29) is 0 Å². The molecule has 3 nitrogen and oxygen atoms in total. The summed E-state index contributed by atoms with van der Waals surface area (Å²) >= 11 is 0. The Morgan fingerprint density at radius 3 is 2.44 bits per heavy atom. The molecule has 0 aromatic carbocycles. The van der Waals surface area contributed by atoms with E-state index in [1.807, 2.05) is 0 Å². The zero-order chi connectivity index (χ0) is 13.5. The van der Waals surface area contributed by atoms with Gasteiger partial charge in [0, 0.05) is 25.2 Å². The van der Waals surface area contributed by atoms with Crippen molar-refractivity contribution < 1.29 is 0 Å². The molecule has 0 spiro atoms. The van der Waals surface area contributed by atoms with Crippen molar-refractivity contribution in [3.05, 3.63) is 0 Å². The van der Waals surface area contributed by atoms with Gasteiger partial charge >= 0.3 is 0 Å². The maximum absolute atomic E-state index is 3.50. The van der Waals surface area contributed by atoms with Gasteiger partial charge in [0.2, 0.25) is 0 Å². The standard InChI is InChI=1S/C15H33N3/c1-6-13(4)15(16-5)12-17-10-9-14(11-17)18(7-2)8-3/h13-16H,6-12H2,1-5H3. The first kappa shape index (κ1) is 15.9. The van der Waals surface area contributed by atoms with Crippen LogP contribution >= 0.6 is 0 Å². The van der Waals surface area contributed by atoms with Gasteiger partial charge in [0.1, 0.15) is 0 Å². The SMILES string of the molecule is CCC(C)C(CN1CCC(N(CC)CC)C1)NC. The average Bonchev–Trinajstić information content (AvgIpc) is 2.85. The van der Waals surface area contributed by atoms with E-state index in [1.165, 1.54) is 45.6 Å². The number of likely N-dealkylation sites (tertiary alicyclic amines) is 1. The minimum atomic E-state index is 0.644. The largest absolute Gasteiger partial charge is 0.315 e. The summed E-state index contributed by atoms with van der Waals surface area (Å²) in [6.45, 7) is 15.3. The maximum atomic E-state index is 3.50. The molecule has 1 aliphatic heterocycles. The second-order valence-corrected chi connectivity index (χ2v) is 5.70. The van der Waals surface area contributed by atoms with Crippen LogP contribution in [-0.4, -0.2) is 61.7 Å². The molecule has 3 atom stereocenters. The lowest BCUT2D eigenvalue weighted by molar-refractivity contribution is 0.197. The molecule has 0 aliphatic carbocycles. The quantitative estimate of drug-likeness (QED) is 0.716. The fourth-order valence-corrected chi connectivity index (χ4v) is 3.13. The highest BCUT2D eigenvalue weighted by Gasteiger charge is 2.28. The first-order chi connectivity index (χ1) is 8.65. The summed E-state index contributed by atoms with van der Waals surface area (Å²) in [5.41, 5.74) is 0. The summed E-state index contributed by atoms with van der Waals surface area (Å²) in [5, 5.41) is 3.50. The van der Waals surface area contributed by atoms with Gasteiger partial charge in [-0.2, -0.15) is 0 Å². The number of nitrogens with zero attached hydrogens (tertiary/aromatic N) is 2. The zero-order valence-corrected chi connectivity index (χ0v) is 13.1. The third-order valence-electron chi connectivity index (χ3n) is 4.73. The first-order valence-corrected chi connectivity index (χ1v) is 7.79. The second kappa shape index (κ2) is 8.13. The van der Waals surface area contributed by atoms with E-state index in [2.05, 4.69) is 49.9 Å². The Balaban J connectivity index is 2.41. The van der Waals surface area contributed by atoms with Crippen molar-refractivity contribution in [3.8, 4) is 0 Å². The molecular formula is C15H33N3. The van der Waals surface area contributed by atoms with Crippen LogP contribution in [0.25, 0.3) is 0 Å². The summed E-state index contributed by atoms with van der Waals surface area (Å²) < 4.78 is 0. The fraction of sp³-hybridized carbons (Fsp3) is 1.00. The molecular weight excluding hydrogens is 222 g/mol. The van der Waals surface area contributed by atoms with Crippen LogP contribution in [0.3, 0.4) is 0 Å². The molecule has 1 saturated heterocycles. The highest BCUT2D eigenvalue weighted by Crippen LogP contribution is 2.17. The molecule has 0 saturated carbocycles. The molecule has 3 unspecified atom stereocenters. The average molecular weight is 255 g/mol. The highest BCUT2D eigenvalue weighted by molar-refractivity contribution is 4.86. The molecule has 1 N–H and O–H groups in total. The minimum Gasteiger partial charge on any atom is -0.315 e. The molecule has 1 fully saturated rings. The molecule has 0 aromatic rings. The van der Waals surface area contributed by atoms with Crippen LogP contribution in [-0.2, 0) is 0 Å². The Morgan fingerprint density at radius 2 is 1.94 bits per heavy atom. The third kappa shape index (κ3) is 4.22. The van der Waals surface area contributed by atoms with Crippen molar-refractivity contribution in [2.45, 2.75) is 52.6 Å². The Hall–Kier alpha value is -0.120. The molecule has 1 aliphatic rings. The smallest absolute Gasteiger partial charge is 0.0235 e. The van der Waals surface area contributed by atoms with E-state index in [1.54, 1.807) is 0 Å². The lowest BCUT2D eigenvalue weighted by Gasteiger charge is -2.29. The molecule has 0 aromatic heterocycles. The van der Waals surface area contributed by atoms with Crippen molar-refractivity contribution in [1.82, 2.24) is 15.1 Å². The van der Waals surface area contributed by atoms with Crippen molar-refractivity contribution in [2.75, 3.05) is 39.8 Å². The van der Waals surface area contributed by atoms with E-state index in [9.17, 15) is 0 Å². The van der Waals surface area contributed by atoms with Gasteiger partial charge in [0.25, 0.3) is 0 Å². The van der Waals surface area contributed by atoms with Crippen molar-refractivity contribution in [3.63, 3.8) is 0 Å². The number of likely N-dealkylation sites (N-methyl/N-ethyl adjacent to an activating group) is 2. The van der Waals surface area contributed by atoms with Gasteiger partial charge in [0.05, 0.1) is 0 Å². The monoisotopic (exact) mass is 255 g/mol. The predicted octanol–water partition coefficient (Wildman–Crippen LogP) is 2.04. The van der Waals surface area contributed by atoms with Crippen molar-refractivity contribution >= 4 is 0 Å². The van der Waals surface area contributed by atoms with Crippen LogP contribution < -0.4 is 5.32 Å². The van der Waals surface area contributed by atoms with Crippen LogP contribution in [0.1, 0.15) is 40.5 Å².